The second-order valence-corrected chi connectivity index (χ2v) is 7.90. The van der Waals surface area contributed by atoms with E-state index >= 15 is 0 Å². The Bertz CT molecular complexity index is 1390. The monoisotopic (exact) mass is 423 g/mol. The van der Waals surface area contributed by atoms with Crippen LogP contribution in [0.15, 0.2) is 57.2 Å². The van der Waals surface area contributed by atoms with Crippen LogP contribution in [0.5, 0.6) is 0 Å². The smallest absolute Gasteiger partial charge is 0.332 e. The van der Waals surface area contributed by atoms with Crippen LogP contribution < -0.4 is 16.6 Å². The Morgan fingerprint density at radius 2 is 1.80 bits per heavy atom. The van der Waals surface area contributed by atoms with Crippen molar-refractivity contribution < 1.29 is 4.79 Å². The van der Waals surface area contributed by atoms with Crippen LogP contribution in [0.4, 0.5) is 0 Å². The van der Waals surface area contributed by atoms with Crippen LogP contribution >= 0.6 is 11.8 Å². The van der Waals surface area contributed by atoms with E-state index < -0.39 is 11.2 Å². The second-order valence-electron chi connectivity index (χ2n) is 6.96. The summed E-state index contributed by atoms with van der Waals surface area (Å²) in [5.74, 6) is 0.00874. The highest BCUT2D eigenvalue weighted by Gasteiger charge is 2.20. The van der Waals surface area contributed by atoms with E-state index in [2.05, 4.69) is 10.3 Å². The van der Waals surface area contributed by atoms with Crippen LogP contribution in [0.3, 0.4) is 0 Å². The average molecular weight is 423 g/mol. The fourth-order valence-corrected chi connectivity index (χ4v) is 4.35. The number of hydrogen-bond donors (Lipinski definition) is 1. The maximum absolute atomic E-state index is 13.0. The fraction of sp³-hybridized carbons (Fsp3) is 0.238. The highest BCUT2D eigenvalue weighted by atomic mass is 32.2. The van der Waals surface area contributed by atoms with E-state index in [1.54, 1.807) is 18.7 Å². The normalized spacial score (nSPS) is 11.3. The molecule has 1 amide bonds. The molecule has 8 nitrogen and oxygen atoms in total. The van der Waals surface area contributed by atoms with Crippen molar-refractivity contribution in [3.63, 3.8) is 0 Å². The summed E-state index contributed by atoms with van der Waals surface area (Å²) in [7, 11) is 4.62. The average Bonchev–Trinajstić information content (AvgIpc) is 3.13. The van der Waals surface area contributed by atoms with Crippen molar-refractivity contribution in [3.8, 4) is 0 Å². The first kappa shape index (κ1) is 20.0. The molecule has 9 heteroatoms. The number of fused-ring (bicyclic) bond motifs is 2. The minimum atomic E-state index is -0.440. The first-order chi connectivity index (χ1) is 14.4. The Balaban J connectivity index is 1.95. The number of imidazole rings is 1. The van der Waals surface area contributed by atoms with Gasteiger partial charge in [-0.2, -0.15) is 0 Å². The van der Waals surface area contributed by atoms with Crippen molar-refractivity contribution in [2.24, 2.45) is 14.1 Å². The summed E-state index contributed by atoms with van der Waals surface area (Å²) >= 11 is 1.24. The van der Waals surface area contributed by atoms with E-state index in [9.17, 15) is 14.4 Å². The Hall–Kier alpha value is -3.33. The number of rotatable bonds is 5. The third kappa shape index (κ3) is 3.30. The van der Waals surface area contributed by atoms with Gasteiger partial charge >= 0.3 is 5.69 Å². The molecule has 0 aliphatic rings. The van der Waals surface area contributed by atoms with Crippen LogP contribution in [0, 0.1) is 0 Å². The summed E-state index contributed by atoms with van der Waals surface area (Å²) in [5, 5.41) is 5.27. The molecule has 0 fully saturated rings. The Morgan fingerprint density at radius 1 is 1.07 bits per heavy atom. The van der Waals surface area contributed by atoms with Crippen LogP contribution in [0.2, 0.25) is 0 Å². The molecule has 0 spiro atoms. The summed E-state index contributed by atoms with van der Waals surface area (Å²) in [6, 6.07) is 14.0. The molecule has 2 aromatic heterocycles. The van der Waals surface area contributed by atoms with Crippen molar-refractivity contribution in [1.82, 2.24) is 24.0 Å². The standard InChI is InChI=1S/C21H21N5O3S/c1-22-16(27)12-30-20-23-18-17(19(28)25(3)21(29)24(18)2)26(20)11-14-9-6-8-13-7-4-5-10-15(13)14/h4-10H,11-12H2,1-3H3,(H,22,27). The Kier molecular flexibility index (Phi) is 5.21. The first-order valence-electron chi connectivity index (χ1n) is 9.38. The van der Waals surface area contributed by atoms with Crippen LogP contribution in [-0.2, 0) is 25.4 Å². The van der Waals surface area contributed by atoms with E-state index in [1.807, 2.05) is 42.5 Å². The number of nitrogens with one attached hydrogen (secondary N) is 1. The molecule has 154 valence electrons. The number of carbonyl (C=O) groups excluding carboxylic acids is 1. The molecule has 0 aliphatic heterocycles. The van der Waals surface area contributed by atoms with E-state index in [4.69, 9.17) is 0 Å². The van der Waals surface area contributed by atoms with Gasteiger partial charge in [0.05, 0.1) is 12.3 Å². The lowest BCUT2D eigenvalue weighted by atomic mass is 10.0. The van der Waals surface area contributed by atoms with Gasteiger partial charge in [-0.1, -0.05) is 54.2 Å². The number of aromatic nitrogens is 4. The van der Waals surface area contributed by atoms with E-state index in [0.29, 0.717) is 22.9 Å². The zero-order valence-corrected chi connectivity index (χ0v) is 17.7. The van der Waals surface area contributed by atoms with Crippen molar-refractivity contribution in [1.29, 1.82) is 0 Å². The predicted molar refractivity (Wildman–Crippen MR) is 118 cm³/mol. The molecule has 4 aromatic rings. The number of aryl methyl sites for hydroxylation is 1. The molecule has 30 heavy (non-hydrogen) atoms. The minimum absolute atomic E-state index is 0.148. The van der Waals surface area contributed by atoms with Crippen LogP contribution in [0.1, 0.15) is 5.56 Å². The third-order valence-electron chi connectivity index (χ3n) is 5.13. The molecule has 2 heterocycles. The lowest BCUT2D eigenvalue weighted by Crippen LogP contribution is -2.37. The van der Waals surface area contributed by atoms with Gasteiger partial charge in [-0.3, -0.25) is 18.7 Å². The van der Waals surface area contributed by atoms with Gasteiger partial charge in [-0.05, 0) is 16.3 Å². The van der Waals surface area contributed by atoms with Gasteiger partial charge in [0.1, 0.15) is 0 Å². The Labute approximate surface area is 176 Å². The lowest BCUT2D eigenvalue weighted by Gasteiger charge is -2.11. The molecule has 4 rings (SSSR count). The summed E-state index contributed by atoms with van der Waals surface area (Å²) in [6.07, 6.45) is 0. The molecule has 0 aliphatic carbocycles. The highest BCUT2D eigenvalue weighted by molar-refractivity contribution is 7.99. The van der Waals surface area contributed by atoms with Crippen LogP contribution in [0.25, 0.3) is 21.9 Å². The predicted octanol–water partition coefficient (Wildman–Crippen LogP) is 1.47. The summed E-state index contributed by atoms with van der Waals surface area (Å²) in [4.78, 5) is 41.7. The minimum Gasteiger partial charge on any atom is -0.358 e. The van der Waals surface area contributed by atoms with Gasteiger partial charge in [-0.15, -0.1) is 0 Å². The van der Waals surface area contributed by atoms with Gasteiger partial charge in [0.2, 0.25) is 5.91 Å². The molecule has 1 N–H and O–H groups in total. The fourth-order valence-electron chi connectivity index (χ4n) is 3.49. The van der Waals surface area contributed by atoms with Gasteiger partial charge in [0.15, 0.2) is 16.3 Å². The topological polar surface area (TPSA) is 90.9 Å². The highest BCUT2D eigenvalue weighted by Crippen LogP contribution is 2.25. The first-order valence-corrected chi connectivity index (χ1v) is 10.4. The van der Waals surface area contributed by atoms with E-state index in [0.717, 1.165) is 20.9 Å². The molecule has 0 saturated carbocycles. The zero-order valence-electron chi connectivity index (χ0n) is 16.9. The molecule has 0 saturated heterocycles. The van der Waals surface area contributed by atoms with Gasteiger partial charge in [0.25, 0.3) is 5.56 Å². The van der Waals surface area contributed by atoms with Gasteiger partial charge < -0.3 is 9.88 Å². The Morgan fingerprint density at radius 3 is 2.57 bits per heavy atom. The third-order valence-corrected chi connectivity index (χ3v) is 6.11. The zero-order chi connectivity index (χ0) is 21.4. The van der Waals surface area contributed by atoms with Gasteiger partial charge in [-0.25, -0.2) is 9.78 Å². The molecule has 0 unspecified atom stereocenters. The quantitative estimate of drug-likeness (QED) is 0.491. The number of hydrogen-bond acceptors (Lipinski definition) is 5. The van der Waals surface area contributed by atoms with E-state index in [-0.39, 0.29) is 11.7 Å². The maximum atomic E-state index is 13.0. The number of carbonyl (C=O) groups is 1. The SMILES string of the molecule is CNC(=O)CSc1nc2c(c(=O)n(C)c(=O)n2C)n1Cc1cccc2ccccc12. The van der Waals surface area contributed by atoms with Gasteiger partial charge in [0, 0.05) is 21.1 Å². The second kappa shape index (κ2) is 7.83. The number of thioether (sulfide) groups is 1. The molecule has 2 aromatic carbocycles. The summed E-state index contributed by atoms with van der Waals surface area (Å²) < 4.78 is 4.24. The van der Waals surface area contributed by atoms with E-state index in [1.165, 1.54) is 23.4 Å². The molecular formula is C21H21N5O3S. The number of nitrogens with zero attached hydrogens (tertiary/aromatic N) is 4. The van der Waals surface area contributed by atoms with Crippen molar-refractivity contribution in [3.05, 3.63) is 68.9 Å². The van der Waals surface area contributed by atoms with Crippen LogP contribution in [-0.4, -0.2) is 37.4 Å². The number of benzene rings is 2. The maximum Gasteiger partial charge on any atom is 0.332 e. The van der Waals surface area contributed by atoms with Crippen molar-refractivity contribution in [2.45, 2.75) is 11.7 Å². The number of amides is 1. The largest absolute Gasteiger partial charge is 0.358 e. The van der Waals surface area contributed by atoms with Crippen molar-refractivity contribution in [2.75, 3.05) is 12.8 Å². The van der Waals surface area contributed by atoms with Crippen molar-refractivity contribution >= 4 is 39.6 Å². The lowest BCUT2D eigenvalue weighted by molar-refractivity contribution is -0.118. The molecular weight excluding hydrogens is 402 g/mol. The molecule has 0 bridgehead atoms. The summed E-state index contributed by atoms with van der Waals surface area (Å²) in [5.41, 5.74) is 0.817. The summed E-state index contributed by atoms with van der Waals surface area (Å²) in [6.45, 7) is 0.390. The molecule has 0 radical (unpaired) electrons. The molecule has 0 atom stereocenters.